The summed E-state index contributed by atoms with van der Waals surface area (Å²) in [5, 5.41) is 11.0. The van der Waals surface area contributed by atoms with E-state index in [2.05, 4.69) is 36.1 Å². The Kier molecular flexibility index (Phi) is 3.67. The molecule has 0 spiro atoms. The molecule has 1 fully saturated rings. The molecule has 0 bridgehead atoms. The van der Waals surface area contributed by atoms with Crippen molar-refractivity contribution in [3.63, 3.8) is 0 Å². The lowest BCUT2D eigenvalue weighted by Crippen LogP contribution is -2.27. The van der Waals surface area contributed by atoms with E-state index in [1.807, 2.05) is 48.5 Å². The number of nitro benzene ring substituents is 1. The lowest BCUT2D eigenvalue weighted by Gasteiger charge is -2.26. The molecule has 0 aliphatic carbocycles. The van der Waals surface area contributed by atoms with Crippen molar-refractivity contribution in [2.45, 2.75) is 24.7 Å². The van der Waals surface area contributed by atoms with Gasteiger partial charge in [0.25, 0.3) is 5.69 Å². The molecule has 3 aromatic rings. The van der Waals surface area contributed by atoms with Crippen LogP contribution in [0.5, 0.6) is 0 Å². The molecule has 2 aliphatic rings. The molecular formula is C23H19N3O2. The van der Waals surface area contributed by atoms with Gasteiger partial charge in [-0.3, -0.25) is 20.0 Å². The first-order valence-corrected chi connectivity index (χ1v) is 9.33. The van der Waals surface area contributed by atoms with Crippen molar-refractivity contribution in [1.82, 2.24) is 4.90 Å². The monoisotopic (exact) mass is 369 g/mol. The van der Waals surface area contributed by atoms with Gasteiger partial charge in [-0.15, -0.1) is 0 Å². The van der Waals surface area contributed by atoms with Crippen molar-refractivity contribution in [2.24, 2.45) is 4.99 Å². The van der Waals surface area contributed by atoms with Crippen LogP contribution in [-0.2, 0) is 5.66 Å². The molecule has 4 atom stereocenters. The topological polar surface area (TPSA) is 58.5 Å². The average Bonchev–Trinajstić information content (AvgIpc) is 3.41. The van der Waals surface area contributed by atoms with Crippen molar-refractivity contribution in [3.8, 4) is 0 Å². The van der Waals surface area contributed by atoms with Crippen molar-refractivity contribution < 1.29 is 4.92 Å². The Labute approximate surface area is 163 Å². The van der Waals surface area contributed by atoms with E-state index in [4.69, 9.17) is 4.99 Å². The zero-order valence-electron chi connectivity index (χ0n) is 15.4. The van der Waals surface area contributed by atoms with Crippen LogP contribution in [0.4, 0.5) is 5.69 Å². The molecule has 0 saturated carbocycles. The number of benzene rings is 3. The summed E-state index contributed by atoms with van der Waals surface area (Å²) in [6, 6.07) is 27.8. The van der Waals surface area contributed by atoms with Gasteiger partial charge in [-0.1, -0.05) is 72.8 Å². The van der Waals surface area contributed by atoms with Crippen LogP contribution in [0.15, 0.2) is 89.9 Å². The van der Waals surface area contributed by atoms with Crippen LogP contribution in [0.25, 0.3) is 0 Å². The smallest absolute Gasteiger partial charge is 0.260 e. The second-order valence-electron chi connectivity index (χ2n) is 7.40. The average molecular weight is 369 g/mol. The van der Waals surface area contributed by atoms with Crippen LogP contribution >= 0.6 is 0 Å². The summed E-state index contributed by atoms with van der Waals surface area (Å²) >= 11 is 0. The van der Waals surface area contributed by atoms with Gasteiger partial charge in [0, 0.05) is 12.1 Å². The highest BCUT2D eigenvalue weighted by Crippen LogP contribution is 2.58. The fourth-order valence-electron chi connectivity index (χ4n) is 4.36. The van der Waals surface area contributed by atoms with Crippen LogP contribution in [0.2, 0.25) is 0 Å². The predicted molar refractivity (Wildman–Crippen MR) is 108 cm³/mol. The largest absolute Gasteiger partial charge is 0.269 e. The molecule has 0 amide bonds. The summed E-state index contributed by atoms with van der Waals surface area (Å²) in [6.07, 6.45) is 0. The normalized spacial score (nSPS) is 27.8. The van der Waals surface area contributed by atoms with Gasteiger partial charge >= 0.3 is 0 Å². The van der Waals surface area contributed by atoms with E-state index in [0.29, 0.717) is 0 Å². The van der Waals surface area contributed by atoms with E-state index >= 15 is 0 Å². The minimum absolute atomic E-state index is 0.118. The van der Waals surface area contributed by atoms with Gasteiger partial charge in [-0.2, -0.15) is 0 Å². The minimum atomic E-state index is -0.455. The van der Waals surface area contributed by atoms with Crippen molar-refractivity contribution in [3.05, 3.63) is 112 Å². The van der Waals surface area contributed by atoms with Crippen LogP contribution in [-0.4, -0.2) is 21.6 Å². The lowest BCUT2D eigenvalue weighted by molar-refractivity contribution is -0.384. The summed E-state index contributed by atoms with van der Waals surface area (Å²) in [5.41, 5.74) is 4.10. The van der Waals surface area contributed by atoms with Crippen molar-refractivity contribution in [1.29, 1.82) is 0 Å². The highest BCUT2D eigenvalue weighted by atomic mass is 16.6. The maximum absolute atomic E-state index is 11.0. The van der Waals surface area contributed by atoms with Crippen LogP contribution in [0.1, 0.15) is 29.7 Å². The van der Waals surface area contributed by atoms with Gasteiger partial charge < -0.3 is 0 Å². The van der Waals surface area contributed by atoms with Gasteiger partial charge in [0.05, 0.1) is 22.7 Å². The maximum atomic E-state index is 11.0. The van der Waals surface area contributed by atoms with Gasteiger partial charge in [0.2, 0.25) is 0 Å². The van der Waals surface area contributed by atoms with E-state index < -0.39 is 5.66 Å². The van der Waals surface area contributed by atoms with Gasteiger partial charge in [-0.05, 0) is 23.6 Å². The van der Waals surface area contributed by atoms with Crippen LogP contribution < -0.4 is 0 Å². The quantitative estimate of drug-likeness (QED) is 0.381. The Balaban J connectivity index is 1.58. The summed E-state index contributed by atoms with van der Waals surface area (Å²) in [7, 11) is 0. The number of hydrogen-bond acceptors (Lipinski definition) is 4. The Morgan fingerprint density at radius 1 is 0.893 bits per heavy atom. The van der Waals surface area contributed by atoms with E-state index in [9.17, 15) is 10.1 Å². The number of rotatable bonds is 4. The second-order valence-corrected chi connectivity index (χ2v) is 7.40. The molecule has 5 heteroatoms. The minimum Gasteiger partial charge on any atom is -0.260 e. The number of nitro groups is 1. The zero-order valence-corrected chi connectivity index (χ0v) is 15.4. The molecule has 0 N–H and O–H groups in total. The third-order valence-corrected chi connectivity index (χ3v) is 5.77. The summed E-state index contributed by atoms with van der Waals surface area (Å²) < 4.78 is 0. The van der Waals surface area contributed by atoms with Crippen LogP contribution in [0, 0.1) is 10.1 Å². The molecule has 5 nitrogen and oxygen atoms in total. The van der Waals surface area contributed by atoms with E-state index in [1.54, 1.807) is 12.1 Å². The summed E-state index contributed by atoms with van der Waals surface area (Å²) in [4.78, 5) is 18.2. The number of hydrogen-bond donors (Lipinski definition) is 0. The first-order chi connectivity index (χ1) is 13.6. The number of aliphatic imine (C=N–C) groups is 1. The standard InChI is InChI=1S/C23H19N3O2/c1-23(18-10-6-3-7-11-18)24-20(16-8-4-2-5-9-16)22-21(25(22)23)17-12-14-19(15-13-17)26(27)28/h2-15,21-22H,1H3. The van der Waals surface area contributed by atoms with E-state index in [-0.39, 0.29) is 22.7 Å². The van der Waals surface area contributed by atoms with Crippen LogP contribution in [0.3, 0.4) is 0 Å². The summed E-state index contributed by atoms with van der Waals surface area (Å²) in [5.74, 6) is 0. The first-order valence-electron chi connectivity index (χ1n) is 9.33. The lowest BCUT2D eigenvalue weighted by atomic mass is 9.98. The van der Waals surface area contributed by atoms with Gasteiger partial charge in [-0.25, -0.2) is 0 Å². The molecule has 138 valence electrons. The molecule has 1 saturated heterocycles. The number of fused-ring (bicyclic) bond motifs is 1. The fourth-order valence-corrected chi connectivity index (χ4v) is 4.36. The van der Waals surface area contributed by atoms with Crippen molar-refractivity contribution >= 4 is 11.4 Å². The van der Waals surface area contributed by atoms with E-state index in [1.165, 1.54) is 0 Å². The van der Waals surface area contributed by atoms with Crippen molar-refractivity contribution in [2.75, 3.05) is 0 Å². The Morgan fingerprint density at radius 2 is 1.50 bits per heavy atom. The molecule has 4 unspecified atom stereocenters. The Bertz CT molecular complexity index is 1060. The zero-order chi connectivity index (χ0) is 19.3. The van der Waals surface area contributed by atoms with Gasteiger partial charge in [0.15, 0.2) is 0 Å². The van der Waals surface area contributed by atoms with Gasteiger partial charge in [0.1, 0.15) is 5.66 Å². The second kappa shape index (κ2) is 6.11. The fraction of sp³-hybridized carbons (Fsp3) is 0.174. The molecule has 0 radical (unpaired) electrons. The Morgan fingerprint density at radius 3 is 2.11 bits per heavy atom. The molecule has 28 heavy (non-hydrogen) atoms. The highest BCUT2D eigenvalue weighted by molar-refractivity contribution is 6.08. The molecule has 5 rings (SSSR count). The molecule has 2 heterocycles. The molecule has 2 aliphatic heterocycles. The Hall–Kier alpha value is -3.31. The third-order valence-electron chi connectivity index (χ3n) is 5.77. The maximum Gasteiger partial charge on any atom is 0.269 e. The number of nitrogens with zero attached hydrogens (tertiary/aromatic N) is 3. The number of non-ortho nitro benzene ring substituents is 1. The SMILES string of the molecule is CC1(c2ccccc2)N=C(c2ccccc2)C2C(c3ccc([N+](=O)[O-])cc3)N21. The predicted octanol–water partition coefficient (Wildman–Crippen LogP) is 4.70. The highest BCUT2D eigenvalue weighted by Gasteiger charge is 2.64. The first kappa shape index (κ1) is 16.8. The molecule has 0 aromatic heterocycles. The third kappa shape index (κ3) is 2.47. The summed E-state index contributed by atoms with van der Waals surface area (Å²) in [6.45, 7) is 2.15. The van der Waals surface area contributed by atoms with E-state index in [0.717, 1.165) is 22.4 Å². The molecule has 3 aromatic carbocycles. The molecular weight excluding hydrogens is 350 g/mol.